The minimum atomic E-state index is -0.368. The van der Waals surface area contributed by atoms with Gasteiger partial charge in [-0.25, -0.2) is 0 Å². The Morgan fingerprint density at radius 2 is 1.00 bits per heavy atom. The normalized spacial score (nSPS) is 16.7. The summed E-state index contributed by atoms with van der Waals surface area (Å²) in [5, 5.41) is 1.14. The van der Waals surface area contributed by atoms with Crippen LogP contribution in [0.15, 0.2) is 76.3 Å². The van der Waals surface area contributed by atoms with Crippen LogP contribution >= 0.6 is 0 Å². The average molecular weight is 458 g/mol. The lowest BCUT2D eigenvalue weighted by molar-refractivity contribution is 0.570. The van der Waals surface area contributed by atoms with E-state index < -0.39 is 0 Å². The van der Waals surface area contributed by atoms with Crippen molar-refractivity contribution >= 4 is 27.6 Å². The number of benzene rings is 3. The van der Waals surface area contributed by atoms with Crippen LogP contribution in [0.4, 0.5) is 0 Å². The van der Waals surface area contributed by atoms with E-state index in [1.807, 2.05) is 63.7 Å². The summed E-state index contributed by atoms with van der Waals surface area (Å²) in [6.07, 6.45) is 0. The molecule has 6 aromatic rings. The molecular weight excluding hydrogens is 434 g/mol. The zero-order valence-corrected chi connectivity index (χ0v) is 20.0. The molecule has 5 nitrogen and oxygen atoms in total. The molecule has 3 aromatic carbocycles. The Hall–Kier alpha value is -4.12. The first-order valence-electron chi connectivity index (χ1n) is 12.1. The zero-order chi connectivity index (χ0) is 24.0. The zero-order valence-electron chi connectivity index (χ0n) is 20.0. The maximum absolute atomic E-state index is 14.1. The Bertz CT molecular complexity index is 1910. The van der Waals surface area contributed by atoms with Gasteiger partial charge in [0.15, 0.2) is 0 Å². The minimum absolute atomic E-state index is 0.0787. The highest BCUT2D eigenvalue weighted by Gasteiger charge is 2.47. The predicted octanol–water partition coefficient (Wildman–Crippen LogP) is 5.26. The fourth-order valence-electron chi connectivity index (χ4n) is 7.04. The van der Waals surface area contributed by atoms with Gasteiger partial charge >= 0.3 is 0 Å². The third-order valence-electron chi connectivity index (χ3n) is 8.56. The van der Waals surface area contributed by atoms with Crippen LogP contribution in [0.2, 0.25) is 0 Å². The molecule has 0 saturated carbocycles. The van der Waals surface area contributed by atoms with Crippen LogP contribution < -0.4 is 11.1 Å². The molecule has 0 radical (unpaired) electrons. The van der Waals surface area contributed by atoms with E-state index in [0.717, 1.165) is 50.4 Å². The second-order valence-electron chi connectivity index (χ2n) is 11.0. The Kier molecular flexibility index (Phi) is 3.06. The van der Waals surface area contributed by atoms with Crippen molar-refractivity contribution in [1.29, 1.82) is 0 Å². The van der Waals surface area contributed by atoms with E-state index in [4.69, 9.17) is 0 Å². The van der Waals surface area contributed by atoms with Crippen LogP contribution in [0, 0.1) is 0 Å². The lowest BCUT2D eigenvalue weighted by atomic mass is 9.67. The highest BCUT2D eigenvalue weighted by Crippen LogP contribution is 2.53. The van der Waals surface area contributed by atoms with E-state index in [1.165, 1.54) is 0 Å². The highest BCUT2D eigenvalue weighted by atomic mass is 16.1. The lowest BCUT2D eigenvalue weighted by Gasteiger charge is -2.38. The predicted molar refractivity (Wildman–Crippen MR) is 139 cm³/mol. The molecule has 5 heterocycles. The summed E-state index contributed by atoms with van der Waals surface area (Å²) >= 11 is 0. The Balaban J connectivity index is 1.83. The second kappa shape index (κ2) is 5.57. The average Bonchev–Trinajstić information content (AvgIpc) is 3.22. The van der Waals surface area contributed by atoms with Crippen molar-refractivity contribution < 1.29 is 0 Å². The molecule has 0 unspecified atom stereocenters. The molecule has 8 rings (SSSR count). The van der Waals surface area contributed by atoms with Crippen molar-refractivity contribution in [2.75, 3.05) is 0 Å². The smallest absolute Gasteiger partial charge is 0.266 e. The van der Waals surface area contributed by atoms with E-state index in [-0.39, 0.29) is 21.9 Å². The molecule has 0 fully saturated rings. The summed E-state index contributed by atoms with van der Waals surface area (Å²) in [7, 11) is 0. The van der Waals surface area contributed by atoms with E-state index in [9.17, 15) is 9.59 Å². The molecule has 3 aromatic heterocycles. The molecule has 0 amide bonds. The number of hydrogen-bond acceptors (Lipinski definition) is 2. The van der Waals surface area contributed by atoms with Crippen LogP contribution in [0.25, 0.3) is 39.0 Å². The molecular formula is C30H23N3O2. The molecule has 0 atom stereocenters. The lowest BCUT2D eigenvalue weighted by Crippen LogP contribution is -2.35. The maximum atomic E-state index is 14.1. The van der Waals surface area contributed by atoms with Crippen LogP contribution in [-0.2, 0) is 10.8 Å². The van der Waals surface area contributed by atoms with Crippen LogP contribution in [0.5, 0.6) is 0 Å². The molecule has 170 valence electrons. The molecule has 0 aliphatic carbocycles. The number of hydrogen-bond donors (Lipinski definition) is 0. The highest BCUT2D eigenvalue weighted by molar-refractivity contribution is 6.01. The molecule has 2 aliphatic rings. The molecule has 0 bridgehead atoms. The summed E-state index contributed by atoms with van der Waals surface area (Å²) in [4.78, 5) is 28.3. The summed E-state index contributed by atoms with van der Waals surface area (Å²) in [5.74, 6) is 0. The molecule has 5 heteroatoms. The standard InChI is InChI=1S/C30H23N3O2/c1-29(2)18-12-5-7-14-20(18)31-25-22(29)23-26-32(21-15-8-6-13-19(21)30(23,3)4)28(35)17-11-9-10-16(27(31)34)24(17)33(25)26/h5-15H,1-4H3. The van der Waals surface area contributed by atoms with Gasteiger partial charge in [-0.2, -0.15) is 0 Å². The largest absolute Gasteiger partial charge is 0.279 e. The van der Waals surface area contributed by atoms with E-state index in [0.29, 0.717) is 10.8 Å². The van der Waals surface area contributed by atoms with Gasteiger partial charge in [0.05, 0.1) is 27.7 Å². The Morgan fingerprint density at radius 1 is 0.571 bits per heavy atom. The van der Waals surface area contributed by atoms with Crippen LogP contribution in [-0.4, -0.2) is 13.5 Å². The molecule has 0 saturated heterocycles. The summed E-state index contributed by atoms with van der Waals surface area (Å²) in [6, 6.07) is 21.9. The van der Waals surface area contributed by atoms with Gasteiger partial charge in [-0.1, -0.05) is 70.2 Å². The van der Waals surface area contributed by atoms with E-state index >= 15 is 0 Å². The topological polar surface area (TPSA) is 48.4 Å². The van der Waals surface area contributed by atoms with Crippen molar-refractivity contribution in [2.45, 2.75) is 38.5 Å². The Morgan fingerprint density at radius 3 is 1.46 bits per heavy atom. The van der Waals surface area contributed by atoms with E-state index in [2.05, 4.69) is 44.2 Å². The SMILES string of the molecule is CC1(C)c2ccccc2-n2c(=O)c3cccc4c(=O)n5c6c(c1c2n6c34)C(C)(C)c1ccccc1-5. The van der Waals surface area contributed by atoms with Gasteiger partial charge in [0.2, 0.25) is 0 Å². The van der Waals surface area contributed by atoms with Gasteiger partial charge in [-0.3, -0.25) is 23.1 Å². The first kappa shape index (κ1) is 19.2. The van der Waals surface area contributed by atoms with Crippen LogP contribution in [0.1, 0.15) is 49.9 Å². The molecule has 0 N–H and O–H groups in total. The quantitative estimate of drug-likeness (QED) is 0.312. The monoisotopic (exact) mass is 457 g/mol. The Labute approximate surface area is 200 Å². The van der Waals surface area contributed by atoms with Crippen molar-refractivity contribution in [2.24, 2.45) is 0 Å². The third-order valence-corrected chi connectivity index (χ3v) is 8.56. The van der Waals surface area contributed by atoms with Gasteiger partial charge in [0.25, 0.3) is 11.1 Å². The van der Waals surface area contributed by atoms with Gasteiger partial charge < -0.3 is 0 Å². The van der Waals surface area contributed by atoms with E-state index in [1.54, 1.807) is 0 Å². The number of para-hydroxylation sites is 3. The van der Waals surface area contributed by atoms with Gasteiger partial charge in [0.1, 0.15) is 11.3 Å². The summed E-state index contributed by atoms with van der Waals surface area (Å²) < 4.78 is 5.97. The van der Waals surface area contributed by atoms with Gasteiger partial charge in [-0.05, 0) is 35.4 Å². The number of aromatic nitrogens is 3. The fourth-order valence-corrected chi connectivity index (χ4v) is 7.04. The van der Waals surface area contributed by atoms with Crippen molar-refractivity contribution in [3.8, 4) is 11.4 Å². The third kappa shape index (κ3) is 1.86. The molecule has 2 aliphatic heterocycles. The minimum Gasteiger partial charge on any atom is -0.279 e. The molecule has 0 spiro atoms. The van der Waals surface area contributed by atoms with Crippen molar-refractivity contribution in [3.05, 3.63) is 110 Å². The first-order valence-corrected chi connectivity index (χ1v) is 12.1. The summed E-state index contributed by atoms with van der Waals surface area (Å²) in [5.41, 5.74) is 7.89. The van der Waals surface area contributed by atoms with Gasteiger partial charge in [0, 0.05) is 22.0 Å². The van der Waals surface area contributed by atoms with Crippen LogP contribution in [0.3, 0.4) is 0 Å². The summed E-state index contributed by atoms with van der Waals surface area (Å²) in [6.45, 7) is 8.97. The van der Waals surface area contributed by atoms with Crippen molar-refractivity contribution in [1.82, 2.24) is 13.5 Å². The fraction of sp³-hybridized carbons (Fsp3) is 0.200. The number of rotatable bonds is 0. The van der Waals surface area contributed by atoms with Crippen molar-refractivity contribution in [3.63, 3.8) is 0 Å². The number of nitrogens with zero attached hydrogens (tertiary/aromatic N) is 3. The molecule has 35 heavy (non-hydrogen) atoms. The first-order chi connectivity index (χ1) is 16.8. The second-order valence-corrected chi connectivity index (χ2v) is 11.0. The number of fused-ring (bicyclic) bond motifs is 5. The van der Waals surface area contributed by atoms with Gasteiger partial charge in [-0.15, -0.1) is 0 Å². The maximum Gasteiger partial charge on any atom is 0.266 e.